The second kappa shape index (κ2) is 7.42. The lowest BCUT2D eigenvalue weighted by atomic mass is 9.93. The van der Waals surface area contributed by atoms with Crippen molar-refractivity contribution >= 4 is 22.8 Å². The summed E-state index contributed by atoms with van der Waals surface area (Å²) in [6.45, 7) is 9.04. The average Bonchev–Trinajstić information content (AvgIpc) is 3.18. The quantitative estimate of drug-likeness (QED) is 0.720. The summed E-state index contributed by atoms with van der Waals surface area (Å²) in [5.41, 5.74) is 1.49. The number of imidazole rings is 1. The Morgan fingerprint density at radius 1 is 1.15 bits per heavy atom. The molecule has 0 bridgehead atoms. The Kier molecular flexibility index (Phi) is 5.21. The van der Waals surface area contributed by atoms with Crippen LogP contribution < -0.4 is 11.0 Å². The Morgan fingerprint density at radius 3 is 2.33 bits per heavy atom. The van der Waals surface area contributed by atoms with Crippen molar-refractivity contribution in [1.29, 1.82) is 0 Å². The van der Waals surface area contributed by atoms with Crippen molar-refractivity contribution in [3.05, 3.63) is 46.6 Å². The number of nitrogens with one attached hydrogen (secondary N) is 1. The van der Waals surface area contributed by atoms with E-state index >= 15 is 0 Å². The summed E-state index contributed by atoms with van der Waals surface area (Å²) in [4.78, 5) is 25.0. The molecule has 0 atom stereocenters. The van der Waals surface area contributed by atoms with Crippen LogP contribution in [0, 0.1) is 0 Å². The molecular weight excluding hydrogens is 344 g/mol. The summed E-state index contributed by atoms with van der Waals surface area (Å²) in [6.07, 6.45) is 1.05. The highest BCUT2D eigenvalue weighted by Gasteiger charge is 2.20. The van der Waals surface area contributed by atoms with Crippen molar-refractivity contribution in [1.82, 2.24) is 14.3 Å². The number of amides is 1. The number of rotatable bonds is 6. The van der Waals surface area contributed by atoms with Gasteiger partial charge in [0.15, 0.2) is 5.82 Å². The molecule has 1 N–H and O–H groups in total. The van der Waals surface area contributed by atoms with Gasteiger partial charge in [0.25, 0.3) is 0 Å². The van der Waals surface area contributed by atoms with Gasteiger partial charge in [-0.05, 0) is 18.6 Å². The summed E-state index contributed by atoms with van der Waals surface area (Å²) in [7, 11) is 0. The SMILES string of the molecule is CCCn1c(=O)n(CCC(=O)Nc2cc(C(C)(C)C)on2)c2ccccc21. The van der Waals surface area contributed by atoms with Crippen LogP contribution in [0.2, 0.25) is 0 Å². The van der Waals surface area contributed by atoms with Crippen LogP contribution in [0.25, 0.3) is 11.0 Å². The Morgan fingerprint density at radius 2 is 1.78 bits per heavy atom. The Bertz CT molecular complexity index is 1000. The molecule has 0 fully saturated rings. The van der Waals surface area contributed by atoms with Gasteiger partial charge >= 0.3 is 5.69 Å². The fraction of sp³-hybridized carbons (Fsp3) is 0.450. The van der Waals surface area contributed by atoms with Crippen molar-refractivity contribution in [2.75, 3.05) is 5.32 Å². The lowest BCUT2D eigenvalue weighted by molar-refractivity contribution is -0.116. The van der Waals surface area contributed by atoms with Gasteiger partial charge in [-0.1, -0.05) is 45.0 Å². The molecule has 0 saturated heterocycles. The van der Waals surface area contributed by atoms with Crippen molar-refractivity contribution in [3.8, 4) is 0 Å². The predicted molar refractivity (Wildman–Crippen MR) is 105 cm³/mol. The van der Waals surface area contributed by atoms with Crippen molar-refractivity contribution in [2.24, 2.45) is 0 Å². The van der Waals surface area contributed by atoms with E-state index in [1.807, 2.05) is 52.0 Å². The molecule has 27 heavy (non-hydrogen) atoms. The molecule has 0 radical (unpaired) electrons. The van der Waals surface area contributed by atoms with Crippen LogP contribution in [0.15, 0.2) is 39.6 Å². The molecule has 7 heteroatoms. The molecule has 3 aromatic rings. The normalized spacial score (nSPS) is 11.9. The molecule has 0 unspecified atom stereocenters. The largest absolute Gasteiger partial charge is 0.359 e. The number of hydrogen-bond acceptors (Lipinski definition) is 4. The van der Waals surface area contributed by atoms with Gasteiger partial charge in [-0.2, -0.15) is 0 Å². The molecule has 7 nitrogen and oxygen atoms in total. The van der Waals surface area contributed by atoms with Gasteiger partial charge in [0, 0.05) is 31.0 Å². The molecule has 1 amide bonds. The van der Waals surface area contributed by atoms with E-state index in [-0.39, 0.29) is 23.4 Å². The van der Waals surface area contributed by atoms with Gasteiger partial charge in [0.1, 0.15) is 5.76 Å². The van der Waals surface area contributed by atoms with Gasteiger partial charge in [-0.3, -0.25) is 13.9 Å². The Labute approximate surface area is 158 Å². The molecule has 0 saturated carbocycles. The predicted octanol–water partition coefficient (Wildman–Crippen LogP) is 3.53. The maximum atomic E-state index is 12.7. The fourth-order valence-corrected chi connectivity index (χ4v) is 3.03. The molecule has 0 aliphatic carbocycles. The summed E-state index contributed by atoms with van der Waals surface area (Å²) in [5.74, 6) is 0.894. The third-order valence-corrected chi connectivity index (χ3v) is 4.45. The molecule has 1 aromatic carbocycles. The zero-order valence-corrected chi connectivity index (χ0v) is 16.3. The Balaban J connectivity index is 1.73. The molecule has 0 aliphatic heterocycles. The van der Waals surface area contributed by atoms with Crippen LogP contribution in [0.1, 0.15) is 46.3 Å². The van der Waals surface area contributed by atoms with E-state index in [1.165, 1.54) is 0 Å². The second-order valence-electron chi connectivity index (χ2n) is 7.70. The topological polar surface area (TPSA) is 82.1 Å². The molecular formula is C20H26N4O3. The van der Waals surface area contributed by atoms with Crippen LogP contribution in [0.4, 0.5) is 5.82 Å². The number of para-hydroxylation sites is 2. The van der Waals surface area contributed by atoms with Gasteiger partial charge in [0.05, 0.1) is 11.0 Å². The smallest absolute Gasteiger partial charge is 0.329 e. The minimum atomic E-state index is -0.206. The number of fused-ring (bicyclic) bond motifs is 1. The van der Waals surface area contributed by atoms with Gasteiger partial charge in [-0.25, -0.2) is 4.79 Å². The van der Waals surface area contributed by atoms with E-state index in [0.717, 1.165) is 17.5 Å². The summed E-state index contributed by atoms with van der Waals surface area (Å²) >= 11 is 0. The first-order chi connectivity index (χ1) is 12.8. The van der Waals surface area contributed by atoms with Crippen molar-refractivity contribution in [2.45, 2.75) is 59.0 Å². The highest BCUT2D eigenvalue weighted by Crippen LogP contribution is 2.24. The minimum absolute atomic E-state index is 0.0812. The average molecular weight is 370 g/mol. The maximum absolute atomic E-state index is 12.7. The van der Waals surface area contributed by atoms with Crippen molar-refractivity contribution in [3.63, 3.8) is 0 Å². The van der Waals surface area contributed by atoms with E-state index in [9.17, 15) is 9.59 Å². The summed E-state index contributed by atoms with van der Waals surface area (Å²) in [6, 6.07) is 9.40. The van der Waals surface area contributed by atoms with Crippen LogP contribution in [-0.2, 0) is 23.3 Å². The maximum Gasteiger partial charge on any atom is 0.329 e. The first-order valence-electron chi connectivity index (χ1n) is 9.26. The van der Waals surface area contributed by atoms with E-state index in [0.29, 0.717) is 24.7 Å². The highest BCUT2D eigenvalue weighted by atomic mass is 16.5. The minimum Gasteiger partial charge on any atom is -0.359 e. The number of aromatic nitrogens is 3. The van der Waals surface area contributed by atoms with E-state index in [2.05, 4.69) is 10.5 Å². The van der Waals surface area contributed by atoms with E-state index in [4.69, 9.17) is 4.52 Å². The van der Waals surface area contributed by atoms with Crippen LogP contribution in [0.3, 0.4) is 0 Å². The molecule has 3 rings (SSSR count). The second-order valence-corrected chi connectivity index (χ2v) is 7.70. The molecule has 0 spiro atoms. The van der Waals surface area contributed by atoms with Gasteiger partial charge in [-0.15, -0.1) is 0 Å². The van der Waals surface area contributed by atoms with Crippen LogP contribution in [-0.4, -0.2) is 20.2 Å². The number of carbonyl (C=O) groups excluding carboxylic acids is 1. The van der Waals surface area contributed by atoms with E-state index < -0.39 is 0 Å². The van der Waals surface area contributed by atoms with E-state index in [1.54, 1.807) is 15.2 Å². The highest BCUT2D eigenvalue weighted by molar-refractivity contribution is 5.89. The third kappa shape index (κ3) is 3.97. The first kappa shape index (κ1) is 18.9. The number of nitrogens with zero attached hydrogens (tertiary/aromatic N) is 3. The first-order valence-corrected chi connectivity index (χ1v) is 9.26. The summed E-state index contributed by atoms with van der Waals surface area (Å²) < 4.78 is 8.70. The zero-order chi connectivity index (χ0) is 19.6. The molecule has 144 valence electrons. The standard InChI is InChI=1S/C20H26N4O3/c1-5-11-23-14-8-6-7-9-15(14)24(19(23)26)12-10-18(25)21-17-13-16(27-22-17)20(2,3)4/h6-9,13H,5,10-12H2,1-4H3,(H,21,22,25). The van der Waals surface area contributed by atoms with Gasteiger partial charge < -0.3 is 9.84 Å². The Hall–Kier alpha value is -2.83. The number of anilines is 1. The molecule has 2 aromatic heterocycles. The van der Waals surface area contributed by atoms with Gasteiger partial charge in [0.2, 0.25) is 5.91 Å². The number of benzene rings is 1. The third-order valence-electron chi connectivity index (χ3n) is 4.45. The number of carbonyl (C=O) groups is 1. The fourth-order valence-electron chi connectivity index (χ4n) is 3.03. The lowest BCUT2D eigenvalue weighted by Crippen LogP contribution is -2.26. The molecule has 2 heterocycles. The number of hydrogen-bond donors (Lipinski definition) is 1. The molecule has 0 aliphatic rings. The van der Waals surface area contributed by atoms with Crippen LogP contribution >= 0.6 is 0 Å². The van der Waals surface area contributed by atoms with Crippen molar-refractivity contribution < 1.29 is 9.32 Å². The zero-order valence-electron chi connectivity index (χ0n) is 16.3. The summed E-state index contributed by atoms with van der Waals surface area (Å²) in [5, 5.41) is 6.63. The lowest BCUT2D eigenvalue weighted by Gasteiger charge is -2.12. The monoisotopic (exact) mass is 370 g/mol. The van der Waals surface area contributed by atoms with Crippen LogP contribution in [0.5, 0.6) is 0 Å². The number of aryl methyl sites for hydroxylation is 2.